The van der Waals surface area contributed by atoms with Crippen molar-refractivity contribution >= 4 is 33.9 Å². The second-order valence-corrected chi connectivity index (χ2v) is 4.58. The molecule has 0 aliphatic heterocycles. The van der Waals surface area contributed by atoms with Crippen molar-refractivity contribution in [3.05, 3.63) is 28.2 Å². The Morgan fingerprint density at radius 3 is 3.19 bits per heavy atom. The molecule has 0 atom stereocenters. The molecule has 0 radical (unpaired) electrons. The molecule has 1 amide bonds. The van der Waals surface area contributed by atoms with Crippen molar-refractivity contribution in [1.82, 2.24) is 9.36 Å². The number of hydrogen-bond donors (Lipinski definition) is 1. The van der Waals surface area contributed by atoms with Crippen molar-refractivity contribution in [2.45, 2.75) is 6.61 Å². The van der Waals surface area contributed by atoms with Crippen LogP contribution in [0.1, 0.15) is 15.5 Å². The summed E-state index contributed by atoms with van der Waals surface area (Å²) in [5.74, 6) is 0.420. The number of carbonyl (C=O) groups excluding carboxylic acids is 1. The summed E-state index contributed by atoms with van der Waals surface area (Å²) < 4.78 is 8.92. The van der Waals surface area contributed by atoms with E-state index in [0.717, 1.165) is 11.5 Å². The SMILES string of the molecule is COCc1nsc(NC(=O)c2cccs2)n1. The molecule has 0 aliphatic rings. The number of nitrogens with one attached hydrogen (secondary N) is 1. The summed E-state index contributed by atoms with van der Waals surface area (Å²) in [7, 11) is 1.57. The summed E-state index contributed by atoms with van der Waals surface area (Å²) >= 11 is 2.53. The predicted octanol–water partition coefficient (Wildman–Crippen LogP) is 2.00. The molecule has 0 unspecified atom stereocenters. The lowest BCUT2D eigenvalue weighted by atomic mass is 10.4. The normalized spacial score (nSPS) is 10.3. The molecule has 2 heterocycles. The van der Waals surface area contributed by atoms with Crippen LogP contribution in [-0.4, -0.2) is 22.4 Å². The maximum atomic E-state index is 11.6. The van der Waals surface area contributed by atoms with Gasteiger partial charge in [0.25, 0.3) is 5.91 Å². The number of rotatable bonds is 4. The van der Waals surface area contributed by atoms with Crippen LogP contribution in [0.2, 0.25) is 0 Å². The molecular formula is C9H9N3O2S2. The summed E-state index contributed by atoms with van der Waals surface area (Å²) in [6.07, 6.45) is 0. The van der Waals surface area contributed by atoms with E-state index in [0.29, 0.717) is 22.4 Å². The first-order valence-electron chi connectivity index (χ1n) is 4.46. The second-order valence-electron chi connectivity index (χ2n) is 2.88. The third kappa shape index (κ3) is 2.63. The molecule has 0 saturated carbocycles. The standard InChI is InChI=1S/C9H9N3O2S2/c1-14-5-7-10-9(16-12-7)11-8(13)6-3-2-4-15-6/h2-4H,5H2,1H3,(H,10,11,12,13). The fraction of sp³-hybridized carbons (Fsp3) is 0.222. The van der Waals surface area contributed by atoms with Crippen LogP contribution in [0.15, 0.2) is 17.5 Å². The predicted molar refractivity (Wildman–Crippen MR) is 62.9 cm³/mol. The lowest BCUT2D eigenvalue weighted by Gasteiger charge is -1.96. The third-order valence-corrected chi connectivity index (χ3v) is 3.24. The zero-order valence-electron chi connectivity index (χ0n) is 8.47. The number of carbonyl (C=O) groups is 1. The Labute approximate surface area is 100 Å². The van der Waals surface area contributed by atoms with E-state index in [9.17, 15) is 4.79 Å². The number of anilines is 1. The fourth-order valence-corrected chi connectivity index (χ4v) is 2.25. The van der Waals surface area contributed by atoms with Gasteiger partial charge in [0.15, 0.2) is 5.82 Å². The smallest absolute Gasteiger partial charge is 0.267 e. The molecule has 16 heavy (non-hydrogen) atoms. The van der Waals surface area contributed by atoms with Gasteiger partial charge in [-0.2, -0.15) is 4.37 Å². The highest BCUT2D eigenvalue weighted by molar-refractivity contribution is 7.12. The van der Waals surface area contributed by atoms with Gasteiger partial charge in [-0.3, -0.25) is 10.1 Å². The molecule has 0 saturated heterocycles. The van der Waals surface area contributed by atoms with Gasteiger partial charge in [0.05, 0.1) is 4.88 Å². The number of hydrogen-bond acceptors (Lipinski definition) is 6. The van der Waals surface area contributed by atoms with Gasteiger partial charge in [-0.1, -0.05) is 6.07 Å². The Kier molecular flexibility index (Phi) is 3.60. The van der Waals surface area contributed by atoms with Gasteiger partial charge in [0, 0.05) is 18.6 Å². The van der Waals surface area contributed by atoms with Crippen LogP contribution in [0, 0.1) is 0 Å². The van der Waals surface area contributed by atoms with E-state index in [1.54, 1.807) is 13.2 Å². The molecular weight excluding hydrogens is 246 g/mol. The maximum Gasteiger partial charge on any atom is 0.267 e. The van der Waals surface area contributed by atoms with Gasteiger partial charge in [0.2, 0.25) is 5.13 Å². The molecule has 0 aliphatic carbocycles. The van der Waals surface area contributed by atoms with E-state index in [4.69, 9.17) is 4.74 Å². The maximum absolute atomic E-state index is 11.6. The van der Waals surface area contributed by atoms with Gasteiger partial charge in [-0.15, -0.1) is 11.3 Å². The Hall–Kier alpha value is -1.31. The van der Waals surface area contributed by atoms with E-state index in [1.165, 1.54) is 11.3 Å². The molecule has 1 N–H and O–H groups in total. The molecule has 0 bridgehead atoms. The Morgan fingerprint density at radius 1 is 1.62 bits per heavy atom. The van der Waals surface area contributed by atoms with Gasteiger partial charge in [-0.05, 0) is 11.4 Å². The Balaban J connectivity index is 2.01. The fourth-order valence-electron chi connectivity index (χ4n) is 1.06. The highest BCUT2D eigenvalue weighted by Gasteiger charge is 2.10. The van der Waals surface area contributed by atoms with Crippen LogP contribution in [-0.2, 0) is 11.3 Å². The summed E-state index contributed by atoms with van der Waals surface area (Å²) in [6.45, 7) is 0.353. The van der Waals surface area contributed by atoms with Gasteiger partial charge < -0.3 is 4.74 Å². The molecule has 5 nitrogen and oxygen atoms in total. The third-order valence-electron chi connectivity index (χ3n) is 1.71. The van der Waals surface area contributed by atoms with Crippen molar-refractivity contribution in [2.75, 3.05) is 12.4 Å². The Bertz CT molecular complexity index is 467. The molecule has 0 aromatic carbocycles. The van der Waals surface area contributed by atoms with E-state index in [1.807, 2.05) is 11.4 Å². The molecule has 7 heteroatoms. The summed E-state index contributed by atoms with van der Waals surface area (Å²) in [6, 6.07) is 3.59. The first kappa shape index (κ1) is 11.2. The van der Waals surface area contributed by atoms with Crippen LogP contribution in [0.3, 0.4) is 0 Å². The van der Waals surface area contributed by atoms with E-state index < -0.39 is 0 Å². The van der Waals surface area contributed by atoms with Crippen molar-refractivity contribution in [3.8, 4) is 0 Å². The van der Waals surface area contributed by atoms with Gasteiger partial charge >= 0.3 is 0 Å². The minimum Gasteiger partial charge on any atom is -0.377 e. The summed E-state index contributed by atoms with van der Waals surface area (Å²) in [5.41, 5.74) is 0. The molecule has 2 aromatic rings. The average molecular weight is 255 g/mol. The van der Waals surface area contributed by atoms with E-state index in [2.05, 4.69) is 14.7 Å². The molecule has 84 valence electrons. The number of methoxy groups -OCH3 is 1. The zero-order chi connectivity index (χ0) is 11.4. The van der Waals surface area contributed by atoms with Crippen LogP contribution in [0.25, 0.3) is 0 Å². The number of thiophene rings is 1. The number of aromatic nitrogens is 2. The first-order chi connectivity index (χ1) is 7.79. The minimum atomic E-state index is -0.157. The summed E-state index contributed by atoms with van der Waals surface area (Å²) in [4.78, 5) is 16.4. The summed E-state index contributed by atoms with van der Waals surface area (Å²) in [5, 5.41) is 5.03. The van der Waals surface area contributed by atoms with Crippen LogP contribution >= 0.6 is 22.9 Å². The van der Waals surface area contributed by atoms with Crippen molar-refractivity contribution < 1.29 is 9.53 Å². The molecule has 2 aromatic heterocycles. The lowest BCUT2D eigenvalue weighted by molar-refractivity contribution is 0.103. The van der Waals surface area contributed by atoms with Gasteiger partial charge in [0.1, 0.15) is 6.61 Å². The van der Waals surface area contributed by atoms with Crippen molar-refractivity contribution in [2.24, 2.45) is 0 Å². The van der Waals surface area contributed by atoms with E-state index in [-0.39, 0.29) is 5.91 Å². The molecule has 2 rings (SSSR count). The topological polar surface area (TPSA) is 64.1 Å². The number of ether oxygens (including phenoxy) is 1. The number of nitrogens with zero attached hydrogens (tertiary/aromatic N) is 2. The monoisotopic (exact) mass is 255 g/mol. The minimum absolute atomic E-state index is 0.157. The highest BCUT2D eigenvalue weighted by atomic mass is 32.1. The van der Waals surface area contributed by atoms with E-state index >= 15 is 0 Å². The average Bonchev–Trinajstić information content (AvgIpc) is 2.89. The van der Waals surface area contributed by atoms with Crippen molar-refractivity contribution in [3.63, 3.8) is 0 Å². The van der Waals surface area contributed by atoms with Crippen LogP contribution in [0.5, 0.6) is 0 Å². The quantitative estimate of drug-likeness (QED) is 0.907. The largest absolute Gasteiger partial charge is 0.377 e. The lowest BCUT2D eigenvalue weighted by Crippen LogP contribution is -2.09. The zero-order valence-corrected chi connectivity index (χ0v) is 10.1. The van der Waals surface area contributed by atoms with Crippen molar-refractivity contribution in [1.29, 1.82) is 0 Å². The van der Waals surface area contributed by atoms with Crippen LogP contribution in [0.4, 0.5) is 5.13 Å². The second kappa shape index (κ2) is 5.15. The highest BCUT2D eigenvalue weighted by Crippen LogP contribution is 2.15. The van der Waals surface area contributed by atoms with Gasteiger partial charge in [-0.25, -0.2) is 4.98 Å². The first-order valence-corrected chi connectivity index (χ1v) is 6.11. The molecule has 0 spiro atoms. The number of amides is 1. The molecule has 0 fully saturated rings. The Morgan fingerprint density at radius 2 is 2.50 bits per heavy atom. The van der Waals surface area contributed by atoms with Crippen LogP contribution < -0.4 is 5.32 Å².